The van der Waals surface area contributed by atoms with Crippen molar-refractivity contribution >= 4 is 27.1 Å². The second-order valence-electron chi connectivity index (χ2n) is 7.10. The van der Waals surface area contributed by atoms with Gasteiger partial charge in [0.15, 0.2) is 12.0 Å². The predicted octanol–water partition coefficient (Wildman–Crippen LogP) is 3.13. The van der Waals surface area contributed by atoms with Crippen molar-refractivity contribution in [2.45, 2.75) is 18.1 Å². The first-order chi connectivity index (χ1) is 15.1. The molecule has 0 amide bonds. The first-order valence-electron chi connectivity index (χ1n) is 9.52. The fourth-order valence-corrected chi connectivity index (χ4v) is 4.41. The number of benzene rings is 2. The monoisotopic (exact) mass is 464 g/mol. The van der Waals surface area contributed by atoms with Crippen LogP contribution in [0.4, 0.5) is 11.4 Å². The molecule has 0 spiro atoms. The third kappa shape index (κ3) is 4.27. The maximum atomic E-state index is 12.9. The third-order valence-electron chi connectivity index (χ3n) is 5.07. The molecular formula is C21H24N2O8S. The van der Waals surface area contributed by atoms with E-state index in [1.807, 2.05) is 0 Å². The van der Waals surface area contributed by atoms with Crippen molar-refractivity contribution in [2.75, 3.05) is 39.8 Å². The summed E-state index contributed by atoms with van der Waals surface area (Å²) in [5.74, 6) is -0.616. The molecule has 0 fully saturated rings. The fraction of sp³-hybridized carbons (Fsp3) is 0.333. The summed E-state index contributed by atoms with van der Waals surface area (Å²) in [5.41, 5.74) is 1.25. The van der Waals surface area contributed by atoms with Gasteiger partial charge in [-0.3, -0.25) is 10.1 Å². The number of hydrogen-bond acceptors (Lipinski definition) is 9. The second kappa shape index (κ2) is 9.15. The standard InChI is InChI=1S/C21H24N2O8S/c1-13-6-8-14(9-7-13)32(26,27)31-20-17(28-3)12-16-18(19(20)23(24)25)15(10-11-22(16)2)21(29-4)30-5/h6-10,12,21H,11H2,1-5H3. The van der Waals surface area contributed by atoms with Crippen molar-refractivity contribution in [2.24, 2.45) is 0 Å². The lowest BCUT2D eigenvalue weighted by atomic mass is 9.95. The van der Waals surface area contributed by atoms with Gasteiger partial charge >= 0.3 is 15.8 Å². The zero-order chi connectivity index (χ0) is 23.6. The molecule has 0 unspecified atom stereocenters. The maximum absolute atomic E-state index is 12.9. The average Bonchev–Trinajstić information content (AvgIpc) is 2.75. The molecule has 10 nitrogen and oxygen atoms in total. The van der Waals surface area contributed by atoms with Gasteiger partial charge in [-0.25, -0.2) is 0 Å². The number of likely N-dealkylation sites (N-methyl/N-ethyl adjacent to an activating group) is 1. The van der Waals surface area contributed by atoms with Gasteiger partial charge in [0.1, 0.15) is 4.90 Å². The molecular weight excluding hydrogens is 440 g/mol. The Bertz CT molecular complexity index is 1160. The van der Waals surface area contributed by atoms with Crippen molar-refractivity contribution in [1.82, 2.24) is 0 Å². The highest BCUT2D eigenvalue weighted by molar-refractivity contribution is 7.87. The van der Waals surface area contributed by atoms with E-state index in [9.17, 15) is 18.5 Å². The van der Waals surface area contributed by atoms with Crippen LogP contribution in [0.25, 0.3) is 5.57 Å². The molecule has 11 heteroatoms. The number of anilines is 1. The average molecular weight is 464 g/mol. The van der Waals surface area contributed by atoms with E-state index in [0.717, 1.165) is 5.56 Å². The molecule has 0 atom stereocenters. The first-order valence-corrected chi connectivity index (χ1v) is 10.9. The minimum Gasteiger partial charge on any atom is -0.492 e. The molecule has 0 bridgehead atoms. The highest BCUT2D eigenvalue weighted by atomic mass is 32.2. The molecule has 0 aromatic heterocycles. The fourth-order valence-electron chi connectivity index (χ4n) is 3.47. The summed E-state index contributed by atoms with van der Waals surface area (Å²) < 4.78 is 47.1. The Kier molecular flexibility index (Phi) is 6.72. The summed E-state index contributed by atoms with van der Waals surface area (Å²) in [6.45, 7) is 2.23. The molecule has 1 heterocycles. The van der Waals surface area contributed by atoms with Gasteiger partial charge < -0.3 is 23.3 Å². The molecule has 32 heavy (non-hydrogen) atoms. The highest BCUT2D eigenvalue weighted by Gasteiger charge is 2.38. The van der Waals surface area contributed by atoms with E-state index < -0.39 is 32.8 Å². The third-order valence-corrected chi connectivity index (χ3v) is 6.31. The number of methoxy groups -OCH3 is 3. The van der Waals surface area contributed by atoms with Gasteiger partial charge in [0.05, 0.1) is 23.3 Å². The van der Waals surface area contributed by atoms with Crippen molar-refractivity contribution < 1.29 is 31.7 Å². The second-order valence-corrected chi connectivity index (χ2v) is 8.65. The predicted molar refractivity (Wildman–Crippen MR) is 118 cm³/mol. The Labute approximate surface area is 186 Å². The summed E-state index contributed by atoms with van der Waals surface area (Å²) in [7, 11) is 1.45. The minimum atomic E-state index is -4.39. The summed E-state index contributed by atoms with van der Waals surface area (Å²) in [4.78, 5) is 13.1. The van der Waals surface area contributed by atoms with Crippen LogP contribution in [0.15, 0.2) is 41.3 Å². The molecule has 3 rings (SSSR count). The van der Waals surface area contributed by atoms with Crippen molar-refractivity contribution in [1.29, 1.82) is 0 Å². The van der Waals surface area contributed by atoms with Crippen LogP contribution >= 0.6 is 0 Å². The van der Waals surface area contributed by atoms with E-state index in [-0.39, 0.29) is 16.2 Å². The Morgan fingerprint density at radius 3 is 2.28 bits per heavy atom. The molecule has 1 aliphatic rings. The van der Waals surface area contributed by atoms with Crippen LogP contribution in [0, 0.1) is 17.0 Å². The van der Waals surface area contributed by atoms with Crippen molar-refractivity contribution in [3.8, 4) is 11.5 Å². The van der Waals surface area contributed by atoms with Gasteiger partial charge in [0.2, 0.25) is 0 Å². The number of ether oxygens (including phenoxy) is 3. The topological polar surface area (TPSA) is 117 Å². The van der Waals surface area contributed by atoms with E-state index in [1.165, 1.54) is 39.5 Å². The van der Waals surface area contributed by atoms with E-state index in [4.69, 9.17) is 18.4 Å². The van der Waals surface area contributed by atoms with Crippen LogP contribution in [0.3, 0.4) is 0 Å². The zero-order valence-corrected chi connectivity index (χ0v) is 19.1. The lowest BCUT2D eigenvalue weighted by molar-refractivity contribution is -0.385. The van der Waals surface area contributed by atoms with Crippen LogP contribution < -0.4 is 13.8 Å². The largest absolute Gasteiger partial charge is 0.492 e. The van der Waals surface area contributed by atoms with E-state index in [2.05, 4.69) is 0 Å². The summed E-state index contributed by atoms with van der Waals surface area (Å²) in [6, 6.07) is 7.44. The van der Waals surface area contributed by atoms with Crippen LogP contribution in [0.5, 0.6) is 11.5 Å². The van der Waals surface area contributed by atoms with Gasteiger partial charge in [-0.15, -0.1) is 0 Å². The molecule has 1 aliphatic heterocycles. The molecule has 0 N–H and O–H groups in total. The number of nitrogens with zero attached hydrogens (tertiary/aromatic N) is 2. The van der Waals surface area contributed by atoms with Crippen LogP contribution in [-0.2, 0) is 19.6 Å². The lowest BCUT2D eigenvalue weighted by Crippen LogP contribution is -2.27. The van der Waals surface area contributed by atoms with Crippen LogP contribution in [-0.4, -0.2) is 54.6 Å². The normalized spacial score (nSPS) is 13.6. The lowest BCUT2D eigenvalue weighted by Gasteiger charge is -2.30. The SMILES string of the molecule is COc1cc2c(c([N+](=O)[O-])c1OS(=O)(=O)c1ccc(C)cc1)C(C(OC)OC)=CCN2C. The van der Waals surface area contributed by atoms with E-state index in [1.54, 1.807) is 37.1 Å². The molecule has 0 saturated carbocycles. The Hall–Kier alpha value is -3.15. The first kappa shape index (κ1) is 23.5. The van der Waals surface area contributed by atoms with Crippen LogP contribution in [0.2, 0.25) is 0 Å². The Morgan fingerprint density at radius 1 is 1.12 bits per heavy atom. The molecule has 2 aromatic rings. The van der Waals surface area contributed by atoms with Gasteiger partial charge in [-0.05, 0) is 19.1 Å². The highest BCUT2D eigenvalue weighted by Crippen LogP contribution is 2.50. The number of nitro benzene ring substituents is 1. The van der Waals surface area contributed by atoms with Crippen LogP contribution in [0.1, 0.15) is 11.1 Å². The number of nitro groups is 1. The minimum absolute atomic E-state index is 0.0920. The van der Waals surface area contributed by atoms with Gasteiger partial charge in [-0.2, -0.15) is 8.42 Å². The molecule has 172 valence electrons. The zero-order valence-electron chi connectivity index (χ0n) is 18.3. The Balaban J connectivity index is 2.27. The van der Waals surface area contributed by atoms with Gasteiger partial charge in [0, 0.05) is 39.5 Å². The van der Waals surface area contributed by atoms with Gasteiger partial charge in [0.25, 0.3) is 5.75 Å². The number of aryl methyl sites for hydroxylation is 1. The van der Waals surface area contributed by atoms with E-state index in [0.29, 0.717) is 17.8 Å². The molecule has 0 saturated heterocycles. The van der Waals surface area contributed by atoms with Crippen molar-refractivity contribution in [3.05, 3.63) is 57.6 Å². The number of hydrogen-bond donors (Lipinski definition) is 0. The summed E-state index contributed by atoms with van der Waals surface area (Å²) >= 11 is 0. The molecule has 0 aliphatic carbocycles. The van der Waals surface area contributed by atoms with Gasteiger partial charge in [-0.1, -0.05) is 23.8 Å². The maximum Gasteiger partial charge on any atom is 0.339 e. The number of fused-ring (bicyclic) bond motifs is 1. The van der Waals surface area contributed by atoms with E-state index >= 15 is 0 Å². The molecule has 0 radical (unpaired) electrons. The number of rotatable bonds is 8. The summed E-state index contributed by atoms with van der Waals surface area (Å²) in [6.07, 6.45) is 0.814. The quantitative estimate of drug-likeness (QED) is 0.251. The Morgan fingerprint density at radius 2 is 1.75 bits per heavy atom. The smallest absolute Gasteiger partial charge is 0.339 e. The molecule has 2 aromatic carbocycles. The summed E-state index contributed by atoms with van der Waals surface area (Å²) in [5, 5.41) is 12.2. The van der Waals surface area contributed by atoms with Crippen molar-refractivity contribution in [3.63, 3.8) is 0 Å².